The highest BCUT2D eigenvalue weighted by atomic mass is 16.5. The molecule has 3 aromatic rings. The zero-order chi connectivity index (χ0) is 24.6. The summed E-state index contributed by atoms with van der Waals surface area (Å²) in [5.74, 6) is 2.28. The number of oxazole rings is 1. The maximum atomic E-state index is 12.9. The number of hydrogen-bond donors (Lipinski definition) is 0. The standard InChI is InChI=1S/C27H28N4O4/c1-3-17-34-22-10-8-21(9-11-22)26(32)30-13-15-31(16-14-30)27-24(19-28)29-25(35-27)12-7-20-5-4-6-23(18-20)33-2/h4-12,18H,3,13-17H2,1-2H3/b12-7+. The number of methoxy groups -OCH3 is 1. The lowest BCUT2D eigenvalue weighted by molar-refractivity contribution is 0.0745. The van der Waals surface area contributed by atoms with Gasteiger partial charge in [-0.3, -0.25) is 4.79 Å². The van der Waals surface area contributed by atoms with Gasteiger partial charge in [0.25, 0.3) is 5.91 Å². The van der Waals surface area contributed by atoms with Gasteiger partial charge in [-0.1, -0.05) is 19.1 Å². The van der Waals surface area contributed by atoms with Gasteiger partial charge in [0, 0.05) is 37.8 Å². The minimum absolute atomic E-state index is 0.0216. The van der Waals surface area contributed by atoms with Gasteiger partial charge in [0.05, 0.1) is 13.7 Å². The van der Waals surface area contributed by atoms with Crippen LogP contribution in [0.3, 0.4) is 0 Å². The molecule has 0 aliphatic carbocycles. The molecule has 0 bridgehead atoms. The van der Waals surface area contributed by atoms with Crippen molar-refractivity contribution in [1.82, 2.24) is 9.88 Å². The second-order valence-electron chi connectivity index (χ2n) is 8.08. The second-order valence-corrected chi connectivity index (χ2v) is 8.08. The van der Waals surface area contributed by atoms with Gasteiger partial charge in [0.2, 0.25) is 17.5 Å². The van der Waals surface area contributed by atoms with Gasteiger partial charge in [-0.25, -0.2) is 0 Å². The smallest absolute Gasteiger partial charge is 0.253 e. The van der Waals surface area contributed by atoms with Crippen LogP contribution in [0, 0.1) is 11.3 Å². The van der Waals surface area contributed by atoms with E-state index in [0.29, 0.717) is 50.1 Å². The summed E-state index contributed by atoms with van der Waals surface area (Å²) in [6, 6.07) is 17.0. The Bertz CT molecular complexity index is 1220. The highest BCUT2D eigenvalue weighted by Gasteiger charge is 2.26. The van der Waals surface area contributed by atoms with Crippen molar-refractivity contribution in [3.8, 4) is 17.6 Å². The van der Waals surface area contributed by atoms with Gasteiger partial charge in [-0.05, 0) is 54.5 Å². The minimum Gasteiger partial charge on any atom is -0.497 e. The van der Waals surface area contributed by atoms with E-state index in [1.165, 1.54) is 0 Å². The lowest BCUT2D eigenvalue weighted by atomic mass is 10.1. The molecule has 0 saturated carbocycles. The van der Waals surface area contributed by atoms with Crippen molar-refractivity contribution in [2.24, 2.45) is 0 Å². The first kappa shape index (κ1) is 23.9. The molecule has 1 fully saturated rings. The Morgan fingerprint density at radius 3 is 2.57 bits per heavy atom. The fourth-order valence-electron chi connectivity index (χ4n) is 3.81. The first-order chi connectivity index (χ1) is 17.1. The maximum Gasteiger partial charge on any atom is 0.253 e. The van der Waals surface area contributed by atoms with Gasteiger partial charge < -0.3 is 23.7 Å². The van der Waals surface area contributed by atoms with Crippen LogP contribution < -0.4 is 14.4 Å². The number of amides is 1. The number of rotatable bonds is 8. The number of carbonyl (C=O) groups excluding carboxylic acids is 1. The van der Waals surface area contributed by atoms with Crippen LogP contribution in [-0.2, 0) is 0 Å². The van der Waals surface area contributed by atoms with E-state index in [9.17, 15) is 10.1 Å². The minimum atomic E-state index is -0.0216. The molecule has 1 saturated heterocycles. The Kier molecular flexibility index (Phi) is 7.68. The average molecular weight is 473 g/mol. The van der Waals surface area contributed by atoms with E-state index < -0.39 is 0 Å². The maximum absolute atomic E-state index is 12.9. The van der Waals surface area contributed by atoms with E-state index in [0.717, 1.165) is 23.5 Å². The number of piperazine rings is 1. The molecule has 1 aliphatic heterocycles. The molecule has 0 atom stereocenters. The predicted molar refractivity (Wildman–Crippen MR) is 133 cm³/mol. The third-order valence-corrected chi connectivity index (χ3v) is 5.67. The summed E-state index contributed by atoms with van der Waals surface area (Å²) in [7, 11) is 1.62. The number of nitrogens with zero attached hydrogens (tertiary/aromatic N) is 4. The van der Waals surface area contributed by atoms with E-state index in [1.807, 2.05) is 52.3 Å². The molecule has 35 heavy (non-hydrogen) atoms. The molecular formula is C27H28N4O4. The molecule has 4 rings (SSSR count). The van der Waals surface area contributed by atoms with Crippen LogP contribution in [0.1, 0.15) is 40.9 Å². The fourth-order valence-corrected chi connectivity index (χ4v) is 3.81. The second kappa shape index (κ2) is 11.3. The van der Waals surface area contributed by atoms with Crippen LogP contribution in [0.15, 0.2) is 52.9 Å². The van der Waals surface area contributed by atoms with Gasteiger partial charge in [-0.15, -0.1) is 0 Å². The number of benzene rings is 2. The van der Waals surface area contributed by atoms with Crippen LogP contribution in [0.2, 0.25) is 0 Å². The van der Waals surface area contributed by atoms with Crippen molar-refractivity contribution in [2.75, 3.05) is 44.8 Å². The van der Waals surface area contributed by atoms with Crippen molar-refractivity contribution < 1.29 is 18.7 Å². The Morgan fingerprint density at radius 2 is 1.89 bits per heavy atom. The summed E-state index contributed by atoms with van der Waals surface area (Å²) >= 11 is 0. The van der Waals surface area contributed by atoms with Gasteiger partial charge in [0.1, 0.15) is 17.6 Å². The molecule has 0 spiro atoms. The van der Waals surface area contributed by atoms with Crippen molar-refractivity contribution >= 4 is 23.9 Å². The molecule has 0 radical (unpaired) electrons. The molecule has 2 aromatic carbocycles. The number of ether oxygens (including phenoxy) is 2. The van der Waals surface area contributed by atoms with E-state index in [-0.39, 0.29) is 11.6 Å². The van der Waals surface area contributed by atoms with E-state index >= 15 is 0 Å². The normalized spacial score (nSPS) is 13.6. The number of carbonyl (C=O) groups is 1. The number of anilines is 1. The Labute approximate surface area is 205 Å². The summed E-state index contributed by atoms with van der Waals surface area (Å²) < 4.78 is 16.7. The third kappa shape index (κ3) is 5.82. The zero-order valence-electron chi connectivity index (χ0n) is 19.9. The largest absolute Gasteiger partial charge is 0.497 e. The summed E-state index contributed by atoms with van der Waals surface area (Å²) in [4.78, 5) is 21.0. The summed E-state index contributed by atoms with van der Waals surface area (Å²) in [6.07, 6.45) is 4.52. The number of hydrogen-bond acceptors (Lipinski definition) is 7. The lowest BCUT2D eigenvalue weighted by Crippen LogP contribution is -2.48. The Morgan fingerprint density at radius 1 is 1.11 bits per heavy atom. The number of nitriles is 1. The molecule has 2 heterocycles. The first-order valence-electron chi connectivity index (χ1n) is 11.6. The first-order valence-corrected chi connectivity index (χ1v) is 11.6. The van der Waals surface area contributed by atoms with E-state index in [2.05, 4.69) is 18.0 Å². The lowest BCUT2D eigenvalue weighted by Gasteiger charge is -2.34. The Hall–Kier alpha value is -4.25. The highest BCUT2D eigenvalue weighted by molar-refractivity contribution is 5.94. The van der Waals surface area contributed by atoms with Crippen molar-refractivity contribution in [1.29, 1.82) is 5.26 Å². The summed E-state index contributed by atoms with van der Waals surface area (Å²) in [6.45, 7) is 4.84. The monoisotopic (exact) mass is 472 g/mol. The number of aromatic nitrogens is 1. The van der Waals surface area contributed by atoms with Crippen LogP contribution in [0.25, 0.3) is 12.2 Å². The van der Waals surface area contributed by atoms with E-state index in [4.69, 9.17) is 13.9 Å². The van der Waals surface area contributed by atoms with Crippen LogP contribution >= 0.6 is 0 Å². The fraction of sp³-hybridized carbons (Fsp3) is 0.296. The SMILES string of the molecule is CCCOc1ccc(C(=O)N2CCN(c3oc(/C=C/c4cccc(OC)c4)nc3C#N)CC2)cc1. The zero-order valence-corrected chi connectivity index (χ0v) is 19.9. The molecule has 1 aromatic heterocycles. The van der Waals surface area contributed by atoms with Crippen LogP contribution in [-0.4, -0.2) is 55.7 Å². The van der Waals surface area contributed by atoms with Gasteiger partial charge >= 0.3 is 0 Å². The van der Waals surface area contributed by atoms with E-state index in [1.54, 1.807) is 25.3 Å². The summed E-state index contributed by atoms with van der Waals surface area (Å²) in [5.41, 5.74) is 1.79. The molecule has 8 nitrogen and oxygen atoms in total. The van der Waals surface area contributed by atoms with Crippen LogP contribution in [0.5, 0.6) is 11.5 Å². The molecule has 1 aliphatic rings. The quantitative estimate of drug-likeness (QED) is 0.477. The molecule has 180 valence electrons. The highest BCUT2D eigenvalue weighted by Crippen LogP contribution is 2.25. The van der Waals surface area contributed by atoms with Gasteiger partial charge in [-0.2, -0.15) is 10.2 Å². The van der Waals surface area contributed by atoms with Crippen molar-refractivity contribution in [2.45, 2.75) is 13.3 Å². The summed E-state index contributed by atoms with van der Waals surface area (Å²) in [5, 5.41) is 9.57. The topological polar surface area (TPSA) is 91.8 Å². The molecule has 0 unspecified atom stereocenters. The van der Waals surface area contributed by atoms with Gasteiger partial charge in [0.15, 0.2) is 0 Å². The van der Waals surface area contributed by atoms with Crippen LogP contribution in [0.4, 0.5) is 5.88 Å². The molecular weight excluding hydrogens is 444 g/mol. The van der Waals surface area contributed by atoms with Crippen molar-refractivity contribution in [3.63, 3.8) is 0 Å². The predicted octanol–water partition coefficient (Wildman–Crippen LogP) is 4.48. The Balaban J connectivity index is 1.39. The molecule has 0 N–H and O–H groups in total. The van der Waals surface area contributed by atoms with Crippen molar-refractivity contribution in [3.05, 3.63) is 71.2 Å². The third-order valence-electron chi connectivity index (χ3n) is 5.67. The molecule has 1 amide bonds. The molecule has 8 heteroatoms. The average Bonchev–Trinajstić information content (AvgIpc) is 3.34.